The van der Waals surface area contributed by atoms with E-state index in [4.69, 9.17) is 4.42 Å². The zero-order valence-corrected chi connectivity index (χ0v) is 14.9. The van der Waals surface area contributed by atoms with Crippen LogP contribution in [0.4, 0.5) is 14.5 Å². The first kappa shape index (κ1) is 18.8. The molecule has 0 bridgehead atoms. The average Bonchev–Trinajstić information content (AvgIpc) is 3.18. The maximum absolute atomic E-state index is 13.9. The van der Waals surface area contributed by atoms with E-state index in [-0.39, 0.29) is 19.0 Å². The maximum Gasteiger partial charge on any atom is 0.241 e. The molecule has 1 unspecified atom stereocenters. The van der Waals surface area contributed by atoms with Gasteiger partial charge in [-0.05, 0) is 37.3 Å². The summed E-state index contributed by atoms with van der Waals surface area (Å²) in [7, 11) is 0. The van der Waals surface area contributed by atoms with Crippen LogP contribution >= 0.6 is 0 Å². The summed E-state index contributed by atoms with van der Waals surface area (Å²) >= 11 is 0. The lowest BCUT2D eigenvalue weighted by molar-refractivity contribution is -0.118. The lowest BCUT2D eigenvalue weighted by Crippen LogP contribution is -2.38. The Morgan fingerprint density at radius 2 is 1.89 bits per heavy atom. The number of anilines is 1. The van der Waals surface area contributed by atoms with Crippen molar-refractivity contribution in [3.05, 3.63) is 89.9 Å². The van der Waals surface area contributed by atoms with Gasteiger partial charge in [-0.15, -0.1) is 0 Å². The molecule has 3 rings (SSSR count). The molecule has 27 heavy (non-hydrogen) atoms. The fraction of sp³-hybridized carbons (Fsp3) is 0.190. The first-order valence-corrected chi connectivity index (χ1v) is 8.60. The third-order valence-electron chi connectivity index (χ3n) is 4.25. The Morgan fingerprint density at radius 3 is 2.56 bits per heavy atom. The van der Waals surface area contributed by atoms with Crippen molar-refractivity contribution in [2.45, 2.75) is 19.5 Å². The van der Waals surface area contributed by atoms with Gasteiger partial charge in [0.05, 0.1) is 19.4 Å². The van der Waals surface area contributed by atoms with E-state index in [1.165, 1.54) is 12.1 Å². The Morgan fingerprint density at radius 1 is 1.11 bits per heavy atom. The van der Waals surface area contributed by atoms with Crippen molar-refractivity contribution >= 4 is 11.6 Å². The maximum atomic E-state index is 13.9. The van der Waals surface area contributed by atoms with Gasteiger partial charge in [-0.1, -0.05) is 24.3 Å². The number of nitrogens with zero attached hydrogens (tertiary/aromatic N) is 1. The number of benzene rings is 2. The van der Waals surface area contributed by atoms with Gasteiger partial charge < -0.3 is 14.6 Å². The molecule has 0 aliphatic rings. The summed E-state index contributed by atoms with van der Waals surface area (Å²) in [6.07, 6.45) is 1.56. The Bertz CT molecular complexity index is 882. The summed E-state index contributed by atoms with van der Waals surface area (Å²) in [6.45, 7) is 2.01. The first-order valence-electron chi connectivity index (χ1n) is 8.60. The standard InChI is InChI=1S/C21H20F2N2O2/c1-15(19-10-9-16(22)12-20(19)23)24-13-21(26)25(14-18-8-5-11-27-18)17-6-3-2-4-7-17/h2-12,15,24H,13-14H2,1H3. The van der Waals surface area contributed by atoms with Crippen molar-refractivity contribution in [3.63, 3.8) is 0 Å². The summed E-state index contributed by atoms with van der Waals surface area (Å²) < 4.78 is 32.3. The average molecular weight is 370 g/mol. The smallest absolute Gasteiger partial charge is 0.241 e. The monoisotopic (exact) mass is 370 g/mol. The van der Waals surface area contributed by atoms with E-state index >= 15 is 0 Å². The third-order valence-corrected chi connectivity index (χ3v) is 4.25. The molecule has 0 fully saturated rings. The summed E-state index contributed by atoms with van der Waals surface area (Å²) in [4.78, 5) is 14.4. The number of rotatable bonds is 7. The minimum absolute atomic E-state index is 0.00636. The molecule has 0 aliphatic carbocycles. The fourth-order valence-electron chi connectivity index (χ4n) is 2.79. The highest BCUT2D eigenvalue weighted by Crippen LogP contribution is 2.19. The second kappa shape index (κ2) is 8.60. The molecule has 1 amide bonds. The molecular weight excluding hydrogens is 350 g/mol. The molecule has 2 aromatic carbocycles. The number of nitrogens with one attached hydrogen (secondary N) is 1. The zero-order chi connectivity index (χ0) is 19.2. The molecule has 0 saturated heterocycles. The topological polar surface area (TPSA) is 45.5 Å². The van der Waals surface area contributed by atoms with E-state index in [0.29, 0.717) is 11.3 Å². The highest BCUT2D eigenvalue weighted by molar-refractivity contribution is 5.94. The molecular formula is C21H20F2N2O2. The summed E-state index contributed by atoms with van der Waals surface area (Å²) in [5.41, 5.74) is 1.04. The fourth-order valence-corrected chi connectivity index (χ4v) is 2.79. The summed E-state index contributed by atoms with van der Waals surface area (Å²) in [6, 6.07) is 15.8. The summed E-state index contributed by atoms with van der Waals surface area (Å²) in [5, 5.41) is 3.00. The van der Waals surface area contributed by atoms with Gasteiger partial charge in [0.25, 0.3) is 0 Å². The Kier molecular flexibility index (Phi) is 5.98. The van der Waals surface area contributed by atoms with E-state index < -0.39 is 17.7 Å². The number of hydrogen-bond acceptors (Lipinski definition) is 3. The second-order valence-corrected chi connectivity index (χ2v) is 6.16. The minimum atomic E-state index is -0.641. The molecule has 0 spiro atoms. The lowest BCUT2D eigenvalue weighted by atomic mass is 10.1. The van der Waals surface area contributed by atoms with Crippen LogP contribution in [0.15, 0.2) is 71.3 Å². The van der Waals surface area contributed by atoms with Gasteiger partial charge in [-0.3, -0.25) is 4.79 Å². The molecule has 3 aromatic rings. The quantitative estimate of drug-likeness (QED) is 0.669. The van der Waals surface area contributed by atoms with Crippen molar-refractivity contribution < 1.29 is 18.0 Å². The Labute approximate surface area is 156 Å². The van der Waals surface area contributed by atoms with Crippen LogP contribution < -0.4 is 10.2 Å². The molecule has 1 atom stereocenters. The summed E-state index contributed by atoms with van der Waals surface area (Å²) in [5.74, 6) is -0.803. The van der Waals surface area contributed by atoms with Crippen molar-refractivity contribution in [1.82, 2.24) is 5.32 Å². The molecule has 1 aromatic heterocycles. The van der Waals surface area contributed by atoms with Crippen LogP contribution in [0, 0.1) is 11.6 Å². The van der Waals surface area contributed by atoms with Crippen LogP contribution in [0.5, 0.6) is 0 Å². The highest BCUT2D eigenvalue weighted by Gasteiger charge is 2.19. The van der Waals surface area contributed by atoms with E-state index in [1.54, 1.807) is 30.2 Å². The van der Waals surface area contributed by atoms with Crippen molar-refractivity contribution in [2.75, 3.05) is 11.4 Å². The number of hydrogen-bond donors (Lipinski definition) is 1. The molecule has 4 nitrogen and oxygen atoms in total. The van der Waals surface area contributed by atoms with Gasteiger partial charge in [-0.2, -0.15) is 0 Å². The number of carbonyl (C=O) groups excluding carboxylic acids is 1. The van der Waals surface area contributed by atoms with E-state index in [0.717, 1.165) is 11.8 Å². The second-order valence-electron chi connectivity index (χ2n) is 6.16. The van der Waals surface area contributed by atoms with E-state index in [2.05, 4.69) is 5.32 Å². The highest BCUT2D eigenvalue weighted by atomic mass is 19.1. The number of carbonyl (C=O) groups is 1. The van der Waals surface area contributed by atoms with Crippen molar-refractivity contribution in [1.29, 1.82) is 0 Å². The van der Waals surface area contributed by atoms with Gasteiger partial charge in [-0.25, -0.2) is 8.78 Å². The third kappa shape index (κ3) is 4.80. The van der Waals surface area contributed by atoms with Gasteiger partial charge in [0.15, 0.2) is 0 Å². The molecule has 0 aliphatic heterocycles. The minimum Gasteiger partial charge on any atom is -0.467 e. The Hall–Kier alpha value is -2.99. The molecule has 140 valence electrons. The largest absolute Gasteiger partial charge is 0.467 e. The normalized spacial score (nSPS) is 12.0. The van der Waals surface area contributed by atoms with Crippen LogP contribution in [0.3, 0.4) is 0 Å². The van der Waals surface area contributed by atoms with E-state index in [1.807, 2.05) is 30.3 Å². The van der Waals surface area contributed by atoms with Crippen molar-refractivity contribution in [3.8, 4) is 0 Å². The van der Waals surface area contributed by atoms with Crippen LogP contribution in [0.2, 0.25) is 0 Å². The van der Waals surface area contributed by atoms with Gasteiger partial charge >= 0.3 is 0 Å². The van der Waals surface area contributed by atoms with Gasteiger partial charge in [0, 0.05) is 23.4 Å². The Balaban J connectivity index is 1.70. The number of furan rings is 1. The molecule has 6 heteroatoms. The molecule has 1 N–H and O–H groups in total. The number of para-hydroxylation sites is 1. The van der Waals surface area contributed by atoms with Gasteiger partial charge in [0.1, 0.15) is 17.4 Å². The van der Waals surface area contributed by atoms with Gasteiger partial charge in [0.2, 0.25) is 5.91 Å². The van der Waals surface area contributed by atoms with Crippen molar-refractivity contribution in [2.24, 2.45) is 0 Å². The van der Waals surface area contributed by atoms with Crippen LogP contribution in [0.25, 0.3) is 0 Å². The van der Waals surface area contributed by atoms with E-state index in [9.17, 15) is 13.6 Å². The zero-order valence-electron chi connectivity index (χ0n) is 14.9. The molecule has 0 saturated carbocycles. The molecule has 1 heterocycles. The first-order chi connectivity index (χ1) is 13.0. The molecule has 0 radical (unpaired) electrons. The SMILES string of the molecule is CC(NCC(=O)N(Cc1ccco1)c1ccccc1)c1ccc(F)cc1F. The van der Waals surface area contributed by atoms with Crippen LogP contribution in [-0.4, -0.2) is 12.5 Å². The predicted octanol–water partition coefficient (Wildman–Crippen LogP) is 4.44. The number of halogens is 2. The predicted molar refractivity (Wildman–Crippen MR) is 99.1 cm³/mol. The lowest BCUT2D eigenvalue weighted by Gasteiger charge is -2.23. The number of amides is 1. The van der Waals surface area contributed by atoms with Crippen LogP contribution in [0.1, 0.15) is 24.3 Å². The van der Waals surface area contributed by atoms with Crippen LogP contribution in [-0.2, 0) is 11.3 Å².